The zero-order valence-electron chi connectivity index (χ0n) is 11.5. The van der Waals surface area contributed by atoms with Crippen molar-refractivity contribution in [3.63, 3.8) is 0 Å². The first-order chi connectivity index (χ1) is 10.6. The Labute approximate surface area is 146 Å². The van der Waals surface area contributed by atoms with Gasteiger partial charge in [-0.25, -0.2) is 0 Å². The van der Waals surface area contributed by atoms with Crippen molar-refractivity contribution in [1.29, 1.82) is 0 Å². The minimum absolute atomic E-state index is 0.0808. The smallest absolute Gasteiger partial charge is 0.233 e. The Kier molecular flexibility index (Phi) is 5.23. The van der Waals surface area contributed by atoms with Gasteiger partial charge in [0, 0.05) is 6.54 Å². The van der Waals surface area contributed by atoms with E-state index in [2.05, 4.69) is 10.2 Å². The van der Waals surface area contributed by atoms with E-state index in [0.717, 1.165) is 29.3 Å². The lowest BCUT2D eigenvalue weighted by Gasteiger charge is -2.25. The summed E-state index contributed by atoms with van der Waals surface area (Å²) in [6.45, 7) is 0.778. The molecule has 0 aliphatic carbocycles. The van der Waals surface area contributed by atoms with Gasteiger partial charge in [0.1, 0.15) is 5.51 Å². The van der Waals surface area contributed by atoms with Gasteiger partial charge in [-0.15, -0.1) is 10.2 Å². The predicted molar refractivity (Wildman–Crippen MR) is 90.8 cm³/mol. The molecule has 2 aromatic rings. The summed E-state index contributed by atoms with van der Waals surface area (Å²) in [5, 5.41) is 8.78. The number of benzene rings is 1. The minimum atomic E-state index is 0.0808. The first kappa shape index (κ1) is 16.1. The summed E-state index contributed by atoms with van der Waals surface area (Å²) in [7, 11) is 0. The zero-order valence-corrected chi connectivity index (χ0v) is 14.7. The lowest BCUT2D eigenvalue weighted by molar-refractivity contribution is -0.129. The molecule has 0 radical (unpaired) electrons. The highest BCUT2D eigenvalue weighted by Gasteiger charge is 2.30. The Balaban J connectivity index is 1.69. The quantitative estimate of drug-likeness (QED) is 0.749. The molecule has 4 nitrogen and oxygen atoms in total. The second-order valence-electron chi connectivity index (χ2n) is 4.91. The van der Waals surface area contributed by atoms with Crippen LogP contribution in [-0.2, 0) is 4.79 Å². The molecule has 0 saturated carbocycles. The molecule has 1 aliphatic heterocycles. The molecule has 1 aromatic carbocycles. The van der Waals surface area contributed by atoms with Gasteiger partial charge in [0.25, 0.3) is 0 Å². The molecule has 2 heterocycles. The Morgan fingerprint density at radius 2 is 2.27 bits per heavy atom. The number of hydrogen-bond donors (Lipinski definition) is 0. The second kappa shape index (κ2) is 7.17. The van der Waals surface area contributed by atoms with Gasteiger partial charge in [0.15, 0.2) is 4.34 Å². The number of rotatable bonds is 4. The monoisotopic (exact) mass is 373 g/mol. The summed E-state index contributed by atoms with van der Waals surface area (Å²) >= 11 is 14.9. The fraction of sp³-hybridized carbons (Fsp3) is 0.357. The molecule has 0 bridgehead atoms. The van der Waals surface area contributed by atoms with E-state index in [1.54, 1.807) is 11.6 Å². The number of likely N-dealkylation sites (tertiary alicyclic amines) is 1. The summed E-state index contributed by atoms with van der Waals surface area (Å²) < 4.78 is 0.818. The molecule has 0 N–H and O–H groups in total. The van der Waals surface area contributed by atoms with Gasteiger partial charge in [-0.1, -0.05) is 52.4 Å². The Morgan fingerprint density at radius 1 is 1.41 bits per heavy atom. The van der Waals surface area contributed by atoms with Crippen molar-refractivity contribution in [1.82, 2.24) is 15.1 Å². The van der Waals surface area contributed by atoms with Crippen LogP contribution in [0.5, 0.6) is 0 Å². The molecular weight excluding hydrogens is 361 g/mol. The number of halogens is 2. The third-order valence-electron chi connectivity index (χ3n) is 3.56. The molecule has 1 aromatic heterocycles. The Morgan fingerprint density at radius 3 is 3.00 bits per heavy atom. The fourth-order valence-corrected chi connectivity index (χ4v) is 4.24. The molecule has 1 fully saturated rings. The number of carbonyl (C=O) groups is 1. The van der Waals surface area contributed by atoms with E-state index in [1.165, 1.54) is 23.1 Å². The Hall–Kier alpha value is -0.820. The van der Waals surface area contributed by atoms with Gasteiger partial charge < -0.3 is 4.90 Å². The van der Waals surface area contributed by atoms with Gasteiger partial charge in [0.05, 0.1) is 21.8 Å². The lowest BCUT2D eigenvalue weighted by atomic mass is 10.0. The molecule has 116 valence electrons. The van der Waals surface area contributed by atoms with Crippen LogP contribution < -0.4 is 0 Å². The third-order valence-corrected chi connectivity index (χ3v) is 6.14. The second-order valence-corrected chi connectivity index (χ2v) is 7.78. The van der Waals surface area contributed by atoms with Gasteiger partial charge >= 0.3 is 0 Å². The number of nitrogens with zero attached hydrogens (tertiary/aromatic N) is 3. The highest BCUT2D eigenvalue weighted by molar-refractivity contribution is 8.01. The van der Waals surface area contributed by atoms with Crippen LogP contribution in [0.2, 0.25) is 10.0 Å². The van der Waals surface area contributed by atoms with Crippen molar-refractivity contribution in [3.8, 4) is 0 Å². The fourth-order valence-electron chi connectivity index (χ4n) is 2.56. The highest BCUT2D eigenvalue weighted by Crippen LogP contribution is 2.35. The number of hydrogen-bond acceptors (Lipinski definition) is 5. The molecular formula is C14H13Cl2N3OS2. The van der Waals surface area contributed by atoms with Crippen molar-refractivity contribution >= 4 is 52.2 Å². The summed E-state index contributed by atoms with van der Waals surface area (Å²) in [5.74, 6) is 0.501. The van der Waals surface area contributed by atoms with Crippen LogP contribution in [0.25, 0.3) is 0 Å². The van der Waals surface area contributed by atoms with E-state index < -0.39 is 0 Å². The normalized spacial score (nSPS) is 17.9. The van der Waals surface area contributed by atoms with Crippen LogP contribution in [0.3, 0.4) is 0 Å². The van der Waals surface area contributed by atoms with Crippen molar-refractivity contribution in [2.45, 2.75) is 23.2 Å². The van der Waals surface area contributed by atoms with Crippen molar-refractivity contribution in [3.05, 3.63) is 39.3 Å². The maximum atomic E-state index is 12.5. The van der Waals surface area contributed by atoms with E-state index in [9.17, 15) is 4.79 Å². The maximum absolute atomic E-state index is 12.5. The highest BCUT2D eigenvalue weighted by atomic mass is 35.5. The molecule has 1 unspecified atom stereocenters. The summed E-state index contributed by atoms with van der Waals surface area (Å²) in [5.41, 5.74) is 2.71. The molecule has 1 aliphatic rings. The topological polar surface area (TPSA) is 46.1 Å². The van der Waals surface area contributed by atoms with E-state index in [1.807, 2.05) is 17.0 Å². The first-order valence-corrected chi connectivity index (χ1v) is 9.40. The molecule has 1 amide bonds. The molecule has 1 saturated heterocycles. The number of thioether (sulfide) groups is 1. The first-order valence-electron chi connectivity index (χ1n) is 6.78. The van der Waals surface area contributed by atoms with Crippen molar-refractivity contribution < 1.29 is 4.79 Å². The van der Waals surface area contributed by atoms with Crippen LogP contribution in [-0.4, -0.2) is 33.3 Å². The SMILES string of the molecule is O=C(CSc1nncs1)N1CCCC1c1ccc(Cl)c(Cl)c1. The molecule has 8 heteroatoms. The third kappa shape index (κ3) is 3.56. The van der Waals surface area contributed by atoms with Gasteiger partial charge in [0.2, 0.25) is 5.91 Å². The molecule has 0 spiro atoms. The molecule has 1 atom stereocenters. The summed E-state index contributed by atoms with van der Waals surface area (Å²) in [4.78, 5) is 14.4. The predicted octanol–water partition coefficient (Wildman–Crippen LogP) is 4.30. The number of amides is 1. The average molecular weight is 374 g/mol. The van der Waals surface area contributed by atoms with Crippen LogP contribution in [0.1, 0.15) is 24.4 Å². The van der Waals surface area contributed by atoms with Crippen LogP contribution in [0.4, 0.5) is 0 Å². The lowest BCUT2D eigenvalue weighted by Crippen LogP contribution is -2.31. The maximum Gasteiger partial charge on any atom is 0.233 e. The largest absolute Gasteiger partial charge is 0.335 e. The molecule has 3 rings (SSSR count). The van der Waals surface area contributed by atoms with Gasteiger partial charge in [-0.2, -0.15) is 0 Å². The summed E-state index contributed by atoms with van der Waals surface area (Å²) in [6, 6.07) is 5.67. The number of aromatic nitrogens is 2. The molecule has 22 heavy (non-hydrogen) atoms. The van der Waals surface area contributed by atoms with Crippen LogP contribution in [0, 0.1) is 0 Å². The van der Waals surface area contributed by atoms with E-state index in [-0.39, 0.29) is 11.9 Å². The minimum Gasteiger partial charge on any atom is -0.335 e. The summed E-state index contributed by atoms with van der Waals surface area (Å²) in [6.07, 6.45) is 1.95. The van der Waals surface area contributed by atoms with Crippen molar-refractivity contribution in [2.24, 2.45) is 0 Å². The average Bonchev–Trinajstić information content (AvgIpc) is 3.18. The van der Waals surface area contributed by atoms with E-state index >= 15 is 0 Å². The van der Waals surface area contributed by atoms with Crippen LogP contribution in [0.15, 0.2) is 28.0 Å². The number of carbonyl (C=O) groups excluding carboxylic acids is 1. The van der Waals surface area contributed by atoms with Crippen molar-refractivity contribution in [2.75, 3.05) is 12.3 Å². The van der Waals surface area contributed by atoms with E-state index in [4.69, 9.17) is 23.2 Å². The zero-order chi connectivity index (χ0) is 15.5. The van der Waals surface area contributed by atoms with Crippen LogP contribution >= 0.6 is 46.3 Å². The van der Waals surface area contributed by atoms with Gasteiger partial charge in [-0.05, 0) is 30.5 Å². The standard InChI is InChI=1S/C14H13Cl2N3OS2/c15-10-4-3-9(6-11(10)16)12-2-1-5-19(12)13(20)7-21-14-18-17-8-22-14/h3-4,6,8,12H,1-2,5,7H2. The van der Waals surface area contributed by atoms with E-state index in [0.29, 0.717) is 15.8 Å². The Bertz CT molecular complexity index is 666. The van der Waals surface area contributed by atoms with Gasteiger partial charge in [-0.3, -0.25) is 4.79 Å².